The van der Waals surface area contributed by atoms with E-state index in [1.165, 1.54) is 21.0 Å². The lowest BCUT2D eigenvalue weighted by atomic mass is 9.86. The molecule has 1 amide bonds. The SMILES string of the molecule is CC1CCCCC1NC(=O)C(C)S(=O)(=O)Cc1cc(=O)n(C)c(=O)n1C. The third-order valence-electron chi connectivity index (χ3n) is 5.32. The van der Waals surface area contributed by atoms with E-state index >= 15 is 0 Å². The van der Waals surface area contributed by atoms with Gasteiger partial charge >= 0.3 is 5.69 Å². The summed E-state index contributed by atoms with van der Waals surface area (Å²) in [7, 11) is -1.14. The van der Waals surface area contributed by atoms with Gasteiger partial charge < -0.3 is 5.32 Å². The van der Waals surface area contributed by atoms with Crippen LogP contribution in [0, 0.1) is 5.92 Å². The van der Waals surface area contributed by atoms with Crippen LogP contribution in [0.1, 0.15) is 45.2 Å². The third kappa shape index (κ3) is 4.25. The first-order chi connectivity index (χ1) is 12.0. The van der Waals surface area contributed by atoms with Gasteiger partial charge in [0.2, 0.25) is 5.91 Å². The van der Waals surface area contributed by atoms with Crippen LogP contribution in [-0.4, -0.2) is 34.8 Å². The second kappa shape index (κ2) is 7.77. The summed E-state index contributed by atoms with van der Waals surface area (Å²) in [5.41, 5.74) is -1.11. The maximum absolute atomic E-state index is 12.6. The van der Waals surface area contributed by atoms with E-state index in [1.54, 1.807) is 0 Å². The molecule has 0 spiro atoms. The van der Waals surface area contributed by atoms with Crippen molar-refractivity contribution in [2.45, 2.75) is 56.6 Å². The molecule has 0 bridgehead atoms. The van der Waals surface area contributed by atoms with E-state index in [-0.39, 0.29) is 11.7 Å². The Morgan fingerprint density at radius 1 is 1.23 bits per heavy atom. The van der Waals surface area contributed by atoms with Crippen molar-refractivity contribution in [1.82, 2.24) is 14.5 Å². The van der Waals surface area contributed by atoms with E-state index in [0.717, 1.165) is 40.9 Å². The molecule has 0 aliphatic heterocycles. The molecule has 26 heavy (non-hydrogen) atoms. The number of hydrogen-bond donors (Lipinski definition) is 1. The van der Waals surface area contributed by atoms with Gasteiger partial charge in [0.15, 0.2) is 9.84 Å². The van der Waals surface area contributed by atoms with Crippen molar-refractivity contribution in [2.24, 2.45) is 20.0 Å². The molecular formula is C17H27N3O5S. The minimum atomic E-state index is -3.87. The van der Waals surface area contributed by atoms with E-state index in [4.69, 9.17) is 0 Å². The van der Waals surface area contributed by atoms with Crippen LogP contribution in [0.5, 0.6) is 0 Å². The van der Waals surface area contributed by atoms with Crippen LogP contribution in [-0.2, 0) is 34.5 Å². The predicted octanol–water partition coefficient (Wildman–Crippen LogP) is 0.0822. The third-order valence-corrected chi connectivity index (χ3v) is 7.31. The van der Waals surface area contributed by atoms with Crippen LogP contribution < -0.4 is 16.6 Å². The molecular weight excluding hydrogens is 358 g/mol. The summed E-state index contributed by atoms with van der Waals surface area (Å²) < 4.78 is 27.3. The molecule has 1 aromatic rings. The van der Waals surface area contributed by atoms with Gasteiger partial charge in [-0.25, -0.2) is 13.2 Å². The molecule has 0 aromatic carbocycles. The molecule has 1 aliphatic rings. The van der Waals surface area contributed by atoms with Gasteiger partial charge in [0.25, 0.3) is 5.56 Å². The second-order valence-corrected chi connectivity index (χ2v) is 9.52. The average Bonchev–Trinajstić information content (AvgIpc) is 2.58. The number of nitrogens with zero attached hydrogens (tertiary/aromatic N) is 2. The van der Waals surface area contributed by atoms with Crippen molar-refractivity contribution in [1.29, 1.82) is 0 Å². The Balaban J connectivity index is 2.18. The van der Waals surface area contributed by atoms with E-state index in [9.17, 15) is 22.8 Å². The summed E-state index contributed by atoms with van der Waals surface area (Å²) in [5, 5.41) is 1.60. The minimum Gasteiger partial charge on any atom is -0.352 e. The number of sulfone groups is 1. The van der Waals surface area contributed by atoms with Gasteiger partial charge in [0.1, 0.15) is 5.25 Å². The van der Waals surface area contributed by atoms with Gasteiger partial charge in [0, 0.05) is 31.9 Å². The average molecular weight is 385 g/mol. The number of carbonyl (C=O) groups excluding carboxylic acids is 1. The smallest absolute Gasteiger partial charge is 0.330 e. The monoisotopic (exact) mass is 385 g/mol. The fourth-order valence-corrected chi connectivity index (χ4v) is 4.58. The highest BCUT2D eigenvalue weighted by molar-refractivity contribution is 7.92. The lowest BCUT2D eigenvalue weighted by Crippen LogP contribution is -2.47. The van der Waals surface area contributed by atoms with Crippen molar-refractivity contribution in [3.8, 4) is 0 Å². The first-order valence-corrected chi connectivity index (χ1v) is 10.5. The van der Waals surface area contributed by atoms with Crippen molar-refractivity contribution < 1.29 is 13.2 Å². The number of hydrogen-bond acceptors (Lipinski definition) is 5. The quantitative estimate of drug-likeness (QED) is 0.772. The molecule has 1 aromatic heterocycles. The van der Waals surface area contributed by atoms with Crippen molar-refractivity contribution in [3.05, 3.63) is 32.6 Å². The van der Waals surface area contributed by atoms with Crippen LogP contribution in [0.3, 0.4) is 0 Å². The molecule has 146 valence electrons. The molecule has 8 nitrogen and oxygen atoms in total. The topological polar surface area (TPSA) is 107 Å². The Kier molecular flexibility index (Phi) is 6.10. The molecule has 1 saturated carbocycles. The normalized spacial score (nSPS) is 22.0. The van der Waals surface area contributed by atoms with Crippen molar-refractivity contribution in [2.75, 3.05) is 0 Å². The fourth-order valence-electron chi connectivity index (χ4n) is 3.24. The molecule has 9 heteroatoms. The van der Waals surface area contributed by atoms with Crippen LogP contribution in [0.2, 0.25) is 0 Å². The Morgan fingerprint density at radius 3 is 2.46 bits per heavy atom. The number of amides is 1. The van der Waals surface area contributed by atoms with Crippen molar-refractivity contribution >= 4 is 15.7 Å². The number of carbonyl (C=O) groups is 1. The standard InChI is InChI=1S/C17H27N3O5S/c1-11-7-5-6-8-14(11)18-16(22)12(2)26(24,25)10-13-9-15(21)20(4)17(23)19(13)3/h9,11-12,14H,5-8,10H2,1-4H3,(H,18,22). The first-order valence-electron chi connectivity index (χ1n) is 8.82. The molecule has 1 heterocycles. The zero-order chi connectivity index (χ0) is 19.6. The highest BCUT2D eigenvalue weighted by Gasteiger charge is 2.32. The molecule has 0 saturated heterocycles. The maximum atomic E-state index is 12.6. The van der Waals surface area contributed by atoms with Gasteiger partial charge in [-0.15, -0.1) is 0 Å². The van der Waals surface area contributed by atoms with Gasteiger partial charge in [-0.2, -0.15) is 0 Å². The van der Waals surface area contributed by atoms with E-state index < -0.39 is 38.0 Å². The summed E-state index contributed by atoms with van der Waals surface area (Å²) in [5.74, 6) is -0.748. The second-order valence-electron chi connectivity index (χ2n) is 7.20. The summed E-state index contributed by atoms with van der Waals surface area (Å²) in [6.07, 6.45) is 4.01. The summed E-state index contributed by atoms with van der Waals surface area (Å²) >= 11 is 0. The molecule has 2 rings (SSSR count). The molecule has 1 fully saturated rings. The van der Waals surface area contributed by atoms with Gasteiger partial charge in [-0.05, 0) is 25.7 Å². The first kappa shape index (κ1) is 20.4. The zero-order valence-electron chi connectivity index (χ0n) is 15.7. The Hall–Kier alpha value is -1.90. The van der Waals surface area contributed by atoms with Crippen molar-refractivity contribution in [3.63, 3.8) is 0 Å². The molecule has 3 atom stereocenters. The highest BCUT2D eigenvalue weighted by atomic mass is 32.2. The highest BCUT2D eigenvalue weighted by Crippen LogP contribution is 2.24. The van der Waals surface area contributed by atoms with E-state index in [2.05, 4.69) is 12.2 Å². The molecule has 3 unspecified atom stereocenters. The molecule has 0 radical (unpaired) electrons. The van der Waals surface area contributed by atoms with Gasteiger partial charge in [0.05, 0.1) is 5.75 Å². The maximum Gasteiger partial charge on any atom is 0.330 e. The zero-order valence-corrected chi connectivity index (χ0v) is 16.5. The van der Waals surface area contributed by atoms with Gasteiger partial charge in [-0.3, -0.25) is 18.7 Å². The summed E-state index contributed by atoms with van der Waals surface area (Å²) in [6, 6.07) is 1.11. The Bertz CT molecular complexity index is 900. The van der Waals surface area contributed by atoms with Crippen LogP contribution in [0.4, 0.5) is 0 Å². The molecule has 1 aliphatic carbocycles. The lowest BCUT2D eigenvalue weighted by molar-refractivity contribution is -0.121. The van der Waals surface area contributed by atoms with Crippen LogP contribution in [0.25, 0.3) is 0 Å². The number of nitrogens with one attached hydrogen (secondary N) is 1. The summed E-state index contributed by atoms with van der Waals surface area (Å²) in [4.78, 5) is 36.2. The Labute approximate surface area is 153 Å². The fraction of sp³-hybridized carbons (Fsp3) is 0.706. The molecule has 1 N–H and O–H groups in total. The lowest BCUT2D eigenvalue weighted by Gasteiger charge is -2.30. The van der Waals surface area contributed by atoms with Crippen LogP contribution >= 0.6 is 0 Å². The van der Waals surface area contributed by atoms with E-state index in [0.29, 0.717) is 5.92 Å². The van der Waals surface area contributed by atoms with Crippen LogP contribution in [0.15, 0.2) is 15.7 Å². The summed E-state index contributed by atoms with van der Waals surface area (Å²) in [6.45, 7) is 3.40. The largest absolute Gasteiger partial charge is 0.352 e. The van der Waals surface area contributed by atoms with Gasteiger partial charge in [-0.1, -0.05) is 19.8 Å². The Morgan fingerprint density at radius 2 is 1.85 bits per heavy atom. The number of rotatable bonds is 5. The van der Waals surface area contributed by atoms with E-state index in [1.807, 2.05) is 0 Å². The predicted molar refractivity (Wildman–Crippen MR) is 98.6 cm³/mol. The minimum absolute atomic E-state index is 0.0118. The number of aromatic nitrogens is 2.